The second kappa shape index (κ2) is 5.61. The zero-order valence-electron chi connectivity index (χ0n) is 12.4. The molecule has 0 radical (unpaired) electrons. The maximum Gasteiger partial charge on any atom is 0.0430 e. The van der Waals surface area contributed by atoms with E-state index >= 15 is 0 Å². The van der Waals surface area contributed by atoms with Gasteiger partial charge in [-0.15, -0.1) is 11.3 Å². The average molecular weight is 285 g/mol. The van der Waals surface area contributed by atoms with Gasteiger partial charge in [0.25, 0.3) is 0 Å². The van der Waals surface area contributed by atoms with Gasteiger partial charge in [0.05, 0.1) is 0 Å². The molecule has 1 N–H and O–H groups in total. The van der Waals surface area contributed by atoms with Crippen LogP contribution in [0.3, 0.4) is 0 Å². The molecule has 1 aliphatic carbocycles. The Hall–Kier alpha value is -1.28. The van der Waals surface area contributed by atoms with Crippen LogP contribution in [0.4, 0.5) is 5.69 Å². The van der Waals surface area contributed by atoms with Crippen LogP contribution in [0.5, 0.6) is 0 Å². The van der Waals surface area contributed by atoms with Crippen molar-refractivity contribution in [2.24, 2.45) is 5.41 Å². The number of rotatable bonds is 3. The lowest BCUT2D eigenvalue weighted by molar-refractivity contribution is 0.217. The van der Waals surface area contributed by atoms with Gasteiger partial charge in [0, 0.05) is 22.2 Å². The molecule has 1 atom stereocenters. The fourth-order valence-corrected chi connectivity index (χ4v) is 3.97. The van der Waals surface area contributed by atoms with Crippen molar-refractivity contribution in [2.45, 2.75) is 45.6 Å². The first-order valence-electron chi connectivity index (χ1n) is 7.56. The van der Waals surface area contributed by atoms with Gasteiger partial charge < -0.3 is 5.32 Å². The quantitative estimate of drug-likeness (QED) is 0.752. The maximum atomic E-state index is 3.83. The predicted molar refractivity (Wildman–Crippen MR) is 89.4 cm³/mol. The van der Waals surface area contributed by atoms with E-state index in [0.29, 0.717) is 11.5 Å². The van der Waals surface area contributed by atoms with Crippen LogP contribution in [0.15, 0.2) is 41.8 Å². The minimum absolute atomic E-state index is 0.390. The van der Waals surface area contributed by atoms with Crippen molar-refractivity contribution in [2.75, 3.05) is 5.32 Å². The molecule has 20 heavy (non-hydrogen) atoms. The molecule has 1 fully saturated rings. The molecule has 2 aromatic rings. The summed E-state index contributed by atoms with van der Waals surface area (Å²) in [6.45, 7) is 4.80. The maximum absolute atomic E-state index is 3.83. The number of hydrogen-bond acceptors (Lipinski definition) is 2. The Morgan fingerprint density at radius 1 is 1.10 bits per heavy atom. The number of nitrogens with one attached hydrogen (secondary N) is 1. The van der Waals surface area contributed by atoms with Crippen molar-refractivity contribution in [1.82, 2.24) is 0 Å². The molecule has 1 aromatic carbocycles. The van der Waals surface area contributed by atoms with E-state index in [1.54, 1.807) is 0 Å². The highest BCUT2D eigenvalue weighted by Crippen LogP contribution is 2.39. The Labute approximate surface area is 126 Å². The van der Waals surface area contributed by atoms with Crippen molar-refractivity contribution >= 4 is 17.0 Å². The molecule has 1 aromatic heterocycles. The van der Waals surface area contributed by atoms with E-state index in [-0.39, 0.29) is 0 Å². The van der Waals surface area contributed by atoms with Crippen LogP contribution in [0.25, 0.3) is 10.4 Å². The van der Waals surface area contributed by atoms with Gasteiger partial charge in [0.1, 0.15) is 0 Å². The summed E-state index contributed by atoms with van der Waals surface area (Å²) in [4.78, 5) is 1.35. The minimum Gasteiger partial charge on any atom is -0.381 e. The normalized spacial score (nSPS) is 21.6. The smallest absolute Gasteiger partial charge is 0.0430 e. The number of para-hydroxylation sites is 1. The van der Waals surface area contributed by atoms with E-state index in [0.717, 1.165) is 0 Å². The molecule has 0 amide bonds. The fraction of sp³-hybridized carbons (Fsp3) is 0.444. The molecule has 1 unspecified atom stereocenters. The summed E-state index contributed by atoms with van der Waals surface area (Å²) in [5.41, 5.74) is 3.01. The number of thiophene rings is 1. The third-order valence-electron chi connectivity index (χ3n) is 4.55. The summed E-state index contributed by atoms with van der Waals surface area (Å²) in [6, 6.07) is 13.6. The molecule has 2 heteroatoms. The predicted octanol–water partition coefficient (Wildman–Crippen LogP) is 5.80. The van der Waals surface area contributed by atoms with Gasteiger partial charge >= 0.3 is 0 Å². The number of hydrogen-bond donors (Lipinski definition) is 1. The van der Waals surface area contributed by atoms with Gasteiger partial charge in [-0.25, -0.2) is 0 Å². The second-order valence-electron chi connectivity index (χ2n) is 6.45. The Morgan fingerprint density at radius 2 is 1.95 bits per heavy atom. The lowest BCUT2D eigenvalue weighted by Crippen LogP contribution is -2.39. The first-order chi connectivity index (χ1) is 9.67. The molecule has 0 bridgehead atoms. The van der Waals surface area contributed by atoms with E-state index in [4.69, 9.17) is 0 Å². The van der Waals surface area contributed by atoms with Gasteiger partial charge in [-0.2, -0.15) is 0 Å². The lowest BCUT2D eigenvalue weighted by Gasteiger charge is -2.40. The van der Waals surface area contributed by atoms with Gasteiger partial charge in [-0.3, -0.25) is 0 Å². The molecule has 3 rings (SSSR count). The highest BCUT2D eigenvalue weighted by molar-refractivity contribution is 7.13. The molecule has 1 nitrogen and oxygen atoms in total. The van der Waals surface area contributed by atoms with Gasteiger partial charge in [0.2, 0.25) is 0 Å². The Morgan fingerprint density at radius 3 is 2.70 bits per heavy atom. The topological polar surface area (TPSA) is 12.0 Å². The Bertz CT molecular complexity index is 557. The van der Waals surface area contributed by atoms with E-state index in [1.165, 1.54) is 41.8 Å². The molecule has 1 heterocycles. The molecule has 106 valence electrons. The van der Waals surface area contributed by atoms with Crippen LogP contribution in [-0.4, -0.2) is 6.04 Å². The van der Waals surface area contributed by atoms with Crippen molar-refractivity contribution in [1.29, 1.82) is 0 Å². The van der Waals surface area contributed by atoms with E-state index in [2.05, 4.69) is 60.9 Å². The van der Waals surface area contributed by atoms with Crippen molar-refractivity contribution < 1.29 is 0 Å². The van der Waals surface area contributed by atoms with Crippen molar-refractivity contribution in [3.63, 3.8) is 0 Å². The minimum atomic E-state index is 0.390. The molecule has 1 saturated carbocycles. The van der Waals surface area contributed by atoms with E-state index in [9.17, 15) is 0 Å². The number of anilines is 1. The zero-order valence-corrected chi connectivity index (χ0v) is 13.2. The number of benzene rings is 1. The third-order valence-corrected chi connectivity index (χ3v) is 5.45. The molecule has 0 aliphatic heterocycles. The van der Waals surface area contributed by atoms with Crippen LogP contribution >= 0.6 is 11.3 Å². The summed E-state index contributed by atoms with van der Waals surface area (Å²) >= 11 is 1.81. The zero-order chi connectivity index (χ0) is 14.0. The van der Waals surface area contributed by atoms with Crippen LogP contribution < -0.4 is 5.32 Å². The first kappa shape index (κ1) is 13.7. The Kier molecular flexibility index (Phi) is 3.84. The first-order valence-corrected chi connectivity index (χ1v) is 8.44. The average Bonchev–Trinajstić information content (AvgIpc) is 2.95. The second-order valence-corrected chi connectivity index (χ2v) is 7.40. The largest absolute Gasteiger partial charge is 0.381 e. The van der Waals surface area contributed by atoms with E-state index < -0.39 is 0 Å². The van der Waals surface area contributed by atoms with Gasteiger partial charge in [-0.1, -0.05) is 51.0 Å². The van der Waals surface area contributed by atoms with Crippen LogP contribution in [0.1, 0.15) is 39.5 Å². The van der Waals surface area contributed by atoms with Crippen LogP contribution in [-0.2, 0) is 0 Å². The highest BCUT2D eigenvalue weighted by atomic mass is 32.1. The van der Waals surface area contributed by atoms with Gasteiger partial charge in [-0.05, 0) is 35.8 Å². The van der Waals surface area contributed by atoms with Crippen molar-refractivity contribution in [3.05, 3.63) is 41.8 Å². The van der Waals surface area contributed by atoms with Gasteiger partial charge in [0.15, 0.2) is 0 Å². The molecule has 0 saturated heterocycles. The summed E-state index contributed by atoms with van der Waals surface area (Å²) in [7, 11) is 0. The fourth-order valence-electron chi connectivity index (χ4n) is 3.20. The molecular weight excluding hydrogens is 262 g/mol. The standard InChI is InChI=1S/C18H23NS/c1-18(2)12-6-5-11-17(18)19-15-9-4-3-8-14(15)16-10-7-13-20-16/h3-4,7-10,13,17,19H,5-6,11-12H2,1-2H3. The summed E-state index contributed by atoms with van der Waals surface area (Å²) in [5, 5.41) is 5.98. The summed E-state index contributed by atoms with van der Waals surface area (Å²) in [6.07, 6.45) is 5.33. The van der Waals surface area contributed by atoms with Crippen LogP contribution in [0.2, 0.25) is 0 Å². The molecule has 1 aliphatic rings. The third kappa shape index (κ3) is 2.76. The molecule has 0 spiro atoms. The van der Waals surface area contributed by atoms with E-state index in [1.807, 2.05) is 11.3 Å². The molecular formula is C18H23NS. The summed E-state index contributed by atoms with van der Waals surface area (Å²) < 4.78 is 0. The Balaban J connectivity index is 1.88. The summed E-state index contributed by atoms with van der Waals surface area (Å²) in [5.74, 6) is 0. The SMILES string of the molecule is CC1(C)CCCCC1Nc1ccccc1-c1cccs1. The highest BCUT2D eigenvalue weighted by Gasteiger charge is 2.32. The lowest BCUT2D eigenvalue weighted by atomic mass is 9.73. The van der Waals surface area contributed by atoms with Crippen molar-refractivity contribution in [3.8, 4) is 10.4 Å². The monoisotopic (exact) mass is 285 g/mol. The van der Waals surface area contributed by atoms with Crippen LogP contribution in [0, 0.1) is 5.41 Å².